The van der Waals surface area contributed by atoms with Crippen LogP contribution in [-0.4, -0.2) is 26.0 Å². The van der Waals surface area contributed by atoms with Crippen molar-refractivity contribution in [2.75, 3.05) is 20.2 Å². The monoisotopic (exact) mass is 312 g/mol. The summed E-state index contributed by atoms with van der Waals surface area (Å²) in [6.07, 6.45) is 1.09. The van der Waals surface area contributed by atoms with Crippen molar-refractivity contribution in [3.05, 3.63) is 65.2 Å². The molecule has 1 aliphatic heterocycles. The van der Waals surface area contributed by atoms with E-state index in [0.717, 1.165) is 47.8 Å². The highest BCUT2D eigenvalue weighted by molar-refractivity contribution is 7.80. The Morgan fingerprint density at radius 3 is 2.55 bits per heavy atom. The van der Waals surface area contributed by atoms with Crippen molar-refractivity contribution in [3.8, 4) is 5.75 Å². The molecule has 0 spiro atoms. The Labute approximate surface area is 136 Å². The minimum atomic E-state index is -0.0567. The molecule has 0 aromatic heterocycles. The number of methoxy groups -OCH3 is 1. The van der Waals surface area contributed by atoms with Crippen LogP contribution in [0.3, 0.4) is 0 Å². The number of hydrogen-bond acceptors (Lipinski definition) is 4. The van der Waals surface area contributed by atoms with E-state index in [9.17, 15) is 0 Å². The van der Waals surface area contributed by atoms with Crippen LogP contribution in [0, 0.1) is 0 Å². The number of rotatable bonds is 4. The molecule has 3 rings (SSSR count). The van der Waals surface area contributed by atoms with Crippen molar-refractivity contribution in [2.24, 2.45) is 4.99 Å². The van der Waals surface area contributed by atoms with Gasteiger partial charge in [-0.15, -0.1) is 0 Å². The van der Waals surface area contributed by atoms with Gasteiger partial charge in [0.2, 0.25) is 0 Å². The summed E-state index contributed by atoms with van der Waals surface area (Å²) in [4.78, 5) is 4.62. The highest BCUT2D eigenvalue weighted by Gasteiger charge is 2.19. The number of aliphatic imine (C=N–C) groups is 1. The Morgan fingerprint density at radius 1 is 1.09 bits per heavy atom. The number of benzene rings is 2. The predicted molar refractivity (Wildman–Crippen MR) is 94.3 cm³/mol. The second-order valence-electron chi connectivity index (χ2n) is 5.24. The van der Waals surface area contributed by atoms with E-state index in [1.165, 1.54) is 0 Å². The maximum absolute atomic E-state index is 5.48. The van der Waals surface area contributed by atoms with E-state index in [2.05, 4.69) is 28.5 Å². The van der Waals surface area contributed by atoms with Crippen molar-refractivity contribution < 1.29 is 4.74 Å². The molecule has 2 aromatic rings. The van der Waals surface area contributed by atoms with E-state index >= 15 is 0 Å². The molecule has 0 amide bonds. The summed E-state index contributed by atoms with van der Waals surface area (Å²) >= 11 is 4.86. The third-order valence-corrected chi connectivity index (χ3v) is 4.40. The van der Waals surface area contributed by atoms with Crippen molar-refractivity contribution in [3.63, 3.8) is 0 Å². The van der Waals surface area contributed by atoms with Crippen LogP contribution in [0.15, 0.2) is 53.5 Å². The molecule has 1 atom stereocenters. The summed E-state index contributed by atoms with van der Waals surface area (Å²) in [7, 11) is 1.69. The quantitative estimate of drug-likeness (QED) is 0.848. The molecule has 2 aromatic carbocycles. The van der Waals surface area contributed by atoms with Gasteiger partial charge in [0.25, 0.3) is 0 Å². The van der Waals surface area contributed by atoms with Crippen LogP contribution >= 0.6 is 12.6 Å². The average Bonchev–Trinajstić information content (AvgIpc) is 2.62. The van der Waals surface area contributed by atoms with Gasteiger partial charge in [0.15, 0.2) is 0 Å². The molecule has 0 radical (unpaired) electrons. The second kappa shape index (κ2) is 6.88. The zero-order chi connectivity index (χ0) is 15.4. The molecule has 1 unspecified atom stereocenters. The molecule has 0 aliphatic carbocycles. The Balaban J connectivity index is 2.03. The van der Waals surface area contributed by atoms with Crippen LogP contribution in [0.4, 0.5) is 0 Å². The van der Waals surface area contributed by atoms with Crippen LogP contribution in [0.1, 0.15) is 28.4 Å². The van der Waals surface area contributed by atoms with Crippen LogP contribution in [-0.2, 0) is 0 Å². The summed E-state index contributed by atoms with van der Waals surface area (Å²) < 4.78 is 5.48. The van der Waals surface area contributed by atoms with Gasteiger partial charge in [-0.25, -0.2) is 0 Å². The van der Waals surface area contributed by atoms with Crippen molar-refractivity contribution in [1.82, 2.24) is 5.32 Å². The fourth-order valence-electron chi connectivity index (χ4n) is 2.72. The topological polar surface area (TPSA) is 33.6 Å². The van der Waals surface area contributed by atoms with E-state index < -0.39 is 0 Å². The lowest BCUT2D eigenvalue weighted by molar-refractivity contribution is 0.410. The molecule has 4 heteroatoms. The third kappa shape index (κ3) is 2.97. The smallest absolute Gasteiger partial charge is 0.128 e. The SMILES string of the molecule is COc1ccccc1C(S)c1ccccc1C1=NCCCN1. The fourth-order valence-corrected chi connectivity index (χ4v) is 3.16. The first-order valence-corrected chi connectivity index (χ1v) is 8.01. The number of amidine groups is 1. The van der Waals surface area contributed by atoms with E-state index in [-0.39, 0.29) is 5.25 Å². The maximum atomic E-state index is 5.48. The molecule has 3 nitrogen and oxygen atoms in total. The normalized spacial score (nSPS) is 15.6. The molecule has 1 heterocycles. The van der Waals surface area contributed by atoms with E-state index in [4.69, 9.17) is 17.4 Å². The molecule has 22 heavy (non-hydrogen) atoms. The van der Waals surface area contributed by atoms with Crippen LogP contribution in [0.25, 0.3) is 0 Å². The van der Waals surface area contributed by atoms with Crippen molar-refractivity contribution in [2.45, 2.75) is 11.7 Å². The Kier molecular flexibility index (Phi) is 4.68. The number of nitrogens with one attached hydrogen (secondary N) is 1. The van der Waals surface area contributed by atoms with Crippen molar-refractivity contribution in [1.29, 1.82) is 0 Å². The average molecular weight is 312 g/mol. The molecular weight excluding hydrogens is 292 g/mol. The molecule has 0 bridgehead atoms. The van der Waals surface area contributed by atoms with Gasteiger partial charge in [0.05, 0.1) is 12.4 Å². The minimum Gasteiger partial charge on any atom is -0.496 e. The molecule has 114 valence electrons. The van der Waals surface area contributed by atoms with Crippen LogP contribution in [0.2, 0.25) is 0 Å². The zero-order valence-corrected chi connectivity index (χ0v) is 13.5. The molecule has 0 saturated carbocycles. The van der Waals surface area contributed by atoms with E-state index in [1.807, 2.05) is 30.3 Å². The summed E-state index contributed by atoms with van der Waals surface area (Å²) in [6, 6.07) is 16.3. The maximum Gasteiger partial charge on any atom is 0.128 e. The summed E-state index contributed by atoms with van der Waals surface area (Å²) in [5, 5.41) is 3.34. The lowest BCUT2D eigenvalue weighted by Gasteiger charge is -2.21. The van der Waals surface area contributed by atoms with Gasteiger partial charge in [-0.2, -0.15) is 12.6 Å². The number of ether oxygens (including phenoxy) is 1. The Morgan fingerprint density at radius 2 is 1.82 bits per heavy atom. The second-order valence-corrected chi connectivity index (χ2v) is 5.76. The predicted octanol–water partition coefficient (Wildman–Crippen LogP) is 3.45. The number of nitrogens with zero attached hydrogens (tertiary/aromatic N) is 1. The molecule has 1 N–H and O–H groups in total. The van der Waals surface area contributed by atoms with Gasteiger partial charge in [-0.1, -0.05) is 42.5 Å². The first kappa shape index (κ1) is 15.0. The highest BCUT2D eigenvalue weighted by Crippen LogP contribution is 2.36. The van der Waals surface area contributed by atoms with E-state index in [0.29, 0.717) is 0 Å². The zero-order valence-electron chi connectivity index (χ0n) is 12.6. The van der Waals surface area contributed by atoms with Crippen LogP contribution in [0.5, 0.6) is 5.75 Å². The van der Waals surface area contributed by atoms with Gasteiger partial charge in [0.1, 0.15) is 11.6 Å². The van der Waals surface area contributed by atoms with Gasteiger partial charge in [-0.05, 0) is 18.1 Å². The third-order valence-electron chi connectivity index (χ3n) is 3.84. The van der Waals surface area contributed by atoms with Gasteiger partial charge < -0.3 is 10.1 Å². The van der Waals surface area contributed by atoms with Crippen molar-refractivity contribution >= 4 is 18.5 Å². The Hall–Kier alpha value is -1.94. The van der Waals surface area contributed by atoms with Gasteiger partial charge in [0, 0.05) is 24.2 Å². The fraction of sp³-hybridized carbons (Fsp3) is 0.278. The van der Waals surface area contributed by atoms with Crippen LogP contribution < -0.4 is 10.1 Å². The Bertz CT molecular complexity index is 684. The molecular formula is C18H20N2OS. The highest BCUT2D eigenvalue weighted by atomic mass is 32.1. The first-order chi connectivity index (χ1) is 10.8. The summed E-state index contributed by atoms with van der Waals surface area (Å²) in [5.74, 6) is 1.83. The summed E-state index contributed by atoms with van der Waals surface area (Å²) in [5.41, 5.74) is 3.33. The molecule has 0 fully saturated rings. The lowest BCUT2D eigenvalue weighted by atomic mass is 9.97. The number of hydrogen-bond donors (Lipinski definition) is 2. The van der Waals surface area contributed by atoms with Gasteiger partial charge >= 0.3 is 0 Å². The largest absolute Gasteiger partial charge is 0.496 e. The minimum absolute atomic E-state index is 0.0567. The molecule has 0 saturated heterocycles. The molecule has 1 aliphatic rings. The number of para-hydroxylation sites is 1. The van der Waals surface area contributed by atoms with E-state index in [1.54, 1.807) is 7.11 Å². The van der Waals surface area contributed by atoms with Gasteiger partial charge in [-0.3, -0.25) is 4.99 Å². The summed E-state index contributed by atoms with van der Waals surface area (Å²) in [6.45, 7) is 1.85. The first-order valence-electron chi connectivity index (χ1n) is 7.50. The lowest BCUT2D eigenvalue weighted by Crippen LogP contribution is -2.31. The number of thiol groups is 1. The standard InChI is InChI=1S/C18H20N2OS/c1-21-16-10-5-4-9-15(16)17(22)13-7-2-3-8-14(13)18-19-11-6-12-20-18/h2-5,7-10,17,22H,6,11-12H2,1H3,(H,19,20).